The molecule has 3 aromatic rings. The summed E-state index contributed by atoms with van der Waals surface area (Å²) in [6, 6.07) is 10.6. The highest BCUT2D eigenvalue weighted by Gasteiger charge is 2.20. The Balaban J connectivity index is 1.91. The van der Waals surface area contributed by atoms with Crippen LogP contribution in [0.3, 0.4) is 0 Å². The third kappa shape index (κ3) is 3.47. The van der Waals surface area contributed by atoms with E-state index in [1.165, 1.54) is 16.6 Å². The molecule has 2 aromatic heterocycles. The van der Waals surface area contributed by atoms with Gasteiger partial charge in [-0.05, 0) is 34.9 Å². The van der Waals surface area contributed by atoms with Crippen LogP contribution in [0.2, 0.25) is 0 Å². The fourth-order valence-corrected chi connectivity index (χ4v) is 3.67. The quantitative estimate of drug-likeness (QED) is 0.722. The lowest BCUT2D eigenvalue weighted by atomic mass is 10.1. The molecule has 0 amide bonds. The van der Waals surface area contributed by atoms with Gasteiger partial charge in [0.05, 0.1) is 17.8 Å². The Morgan fingerprint density at radius 2 is 2.09 bits per heavy atom. The molecule has 0 unspecified atom stereocenters. The minimum absolute atomic E-state index is 0.156. The number of hydrogen-bond donors (Lipinski definition) is 1. The zero-order chi connectivity index (χ0) is 16.2. The highest BCUT2D eigenvalue weighted by Crippen LogP contribution is 2.22. The number of aromatic nitrogens is 2. The number of aryl methyl sites for hydroxylation is 1. The van der Waals surface area contributed by atoms with Crippen molar-refractivity contribution in [3.63, 3.8) is 0 Å². The van der Waals surface area contributed by atoms with E-state index in [9.17, 15) is 5.11 Å². The molecular weight excluding hydrogens is 306 g/mol. The largest absolute Gasteiger partial charge is 0.395 e. The number of hydrogen-bond acceptors (Lipinski definition) is 4. The van der Waals surface area contributed by atoms with Crippen molar-refractivity contribution in [1.29, 1.82) is 0 Å². The van der Waals surface area contributed by atoms with Crippen LogP contribution in [-0.4, -0.2) is 32.4 Å². The Hall–Kier alpha value is -1.69. The summed E-state index contributed by atoms with van der Waals surface area (Å²) in [5, 5.41) is 19.9. The molecule has 1 N–H and O–H groups in total. The van der Waals surface area contributed by atoms with Crippen LogP contribution < -0.4 is 0 Å². The van der Waals surface area contributed by atoms with E-state index in [0.29, 0.717) is 0 Å². The first-order valence-electron chi connectivity index (χ1n) is 7.99. The summed E-state index contributed by atoms with van der Waals surface area (Å²) in [6.07, 6.45) is 0.927. The van der Waals surface area contributed by atoms with Crippen molar-refractivity contribution in [2.75, 3.05) is 6.61 Å². The van der Waals surface area contributed by atoms with Gasteiger partial charge in [-0.2, -0.15) is 16.4 Å². The maximum atomic E-state index is 9.77. The van der Waals surface area contributed by atoms with E-state index in [-0.39, 0.29) is 12.6 Å². The highest BCUT2D eigenvalue weighted by molar-refractivity contribution is 7.07. The van der Waals surface area contributed by atoms with Crippen LogP contribution in [0.1, 0.15) is 24.6 Å². The Labute approximate surface area is 141 Å². The normalized spacial score (nSPS) is 13.0. The third-order valence-corrected chi connectivity index (χ3v) is 5.11. The average molecular weight is 329 g/mol. The minimum atomic E-state index is 0.156. The molecule has 4 nitrogen and oxygen atoms in total. The van der Waals surface area contributed by atoms with Gasteiger partial charge in [-0.25, -0.2) is 0 Å². The van der Waals surface area contributed by atoms with Crippen molar-refractivity contribution in [1.82, 2.24) is 14.7 Å². The van der Waals surface area contributed by atoms with Gasteiger partial charge in [0.2, 0.25) is 0 Å². The van der Waals surface area contributed by atoms with Crippen molar-refractivity contribution in [2.24, 2.45) is 7.05 Å². The van der Waals surface area contributed by atoms with E-state index in [4.69, 9.17) is 0 Å². The van der Waals surface area contributed by atoms with E-state index >= 15 is 0 Å². The lowest BCUT2D eigenvalue weighted by Crippen LogP contribution is -2.37. The second-order valence-corrected chi connectivity index (χ2v) is 6.65. The Morgan fingerprint density at radius 1 is 1.26 bits per heavy atom. The maximum Gasteiger partial charge on any atom is 0.0926 e. The lowest BCUT2D eigenvalue weighted by Gasteiger charge is -2.29. The molecule has 5 heteroatoms. The molecule has 0 bridgehead atoms. The number of aliphatic hydroxyl groups excluding tert-OH is 1. The van der Waals surface area contributed by atoms with Gasteiger partial charge in [0.1, 0.15) is 0 Å². The van der Waals surface area contributed by atoms with E-state index in [1.54, 1.807) is 11.3 Å². The molecule has 0 fully saturated rings. The van der Waals surface area contributed by atoms with Crippen LogP contribution in [0.25, 0.3) is 10.9 Å². The number of nitrogens with zero attached hydrogens (tertiary/aromatic N) is 3. The Kier molecular flexibility index (Phi) is 5.10. The molecule has 1 atom stereocenters. The molecule has 0 radical (unpaired) electrons. The Bertz CT molecular complexity index is 747. The van der Waals surface area contributed by atoms with Gasteiger partial charge in [-0.1, -0.05) is 25.1 Å². The van der Waals surface area contributed by atoms with Gasteiger partial charge in [0, 0.05) is 31.6 Å². The van der Waals surface area contributed by atoms with Crippen LogP contribution in [-0.2, 0) is 20.1 Å². The van der Waals surface area contributed by atoms with E-state index in [0.717, 1.165) is 25.0 Å². The zero-order valence-electron chi connectivity index (χ0n) is 13.6. The summed E-state index contributed by atoms with van der Waals surface area (Å²) in [4.78, 5) is 2.35. The first-order valence-corrected chi connectivity index (χ1v) is 8.93. The topological polar surface area (TPSA) is 41.3 Å². The summed E-state index contributed by atoms with van der Waals surface area (Å²) in [6.45, 7) is 3.94. The number of thiophene rings is 1. The summed E-state index contributed by atoms with van der Waals surface area (Å²) >= 11 is 1.72. The predicted molar refractivity (Wildman–Crippen MR) is 95.4 cm³/mol. The monoisotopic (exact) mass is 329 g/mol. The molecule has 3 rings (SSSR count). The summed E-state index contributed by atoms with van der Waals surface area (Å²) in [5.41, 5.74) is 3.52. The van der Waals surface area contributed by atoms with Gasteiger partial charge < -0.3 is 5.11 Å². The Morgan fingerprint density at radius 3 is 2.78 bits per heavy atom. The molecule has 122 valence electrons. The van der Waals surface area contributed by atoms with Gasteiger partial charge in [-0.3, -0.25) is 9.58 Å². The fraction of sp³-hybridized carbons (Fsp3) is 0.389. The smallest absolute Gasteiger partial charge is 0.0926 e. The standard InChI is InChI=1S/C18H23N3OS/c1-3-15(12-22)21(10-14-8-9-23-13-14)11-18-16-6-4-5-7-17(16)19-20(18)2/h4-9,13,15,22H,3,10-12H2,1-2H3/t15-/m0/s1. The highest BCUT2D eigenvalue weighted by atomic mass is 32.1. The van der Waals surface area contributed by atoms with E-state index in [1.807, 2.05) is 23.9 Å². The summed E-state index contributed by atoms with van der Waals surface area (Å²) in [5.74, 6) is 0. The van der Waals surface area contributed by atoms with Gasteiger partial charge in [0.25, 0.3) is 0 Å². The van der Waals surface area contributed by atoms with Gasteiger partial charge in [0.15, 0.2) is 0 Å². The first-order chi connectivity index (χ1) is 11.2. The fourth-order valence-electron chi connectivity index (χ4n) is 3.02. The van der Waals surface area contributed by atoms with Crippen LogP contribution in [0.5, 0.6) is 0 Å². The summed E-state index contributed by atoms with van der Waals surface area (Å²) < 4.78 is 1.97. The molecule has 1 aromatic carbocycles. The van der Waals surface area contributed by atoms with Crippen molar-refractivity contribution in [3.05, 3.63) is 52.3 Å². The second kappa shape index (κ2) is 7.25. The van der Waals surface area contributed by atoms with Crippen LogP contribution >= 0.6 is 11.3 Å². The third-order valence-electron chi connectivity index (χ3n) is 4.38. The number of benzene rings is 1. The molecule has 0 aliphatic rings. The van der Waals surface area contributed by atoms with Crippen molar-refractivity contribution in [3.8, 4) is 0 Å². The lowest BCUT2D eigenvalue weighted by molar-refractivity contribution is 0.105. The average Bonchev–Trinajstić information content (AvgIpc) is 3.17. The van der Waals surface area contributed by atoms with E-state index in [2.05, 4.69) is 45.9 Å². The summed E-state index contributed by atoms with van der Waals surface area (Å²) in [7, 11) is 2.00. The maximum absolute atomic E-state index is 9.77. The second-order valence-electron chi connectivity index (χ2n) is 5.87. The molecule has 0 saturated carbocycles. The van der Waals surface area contributed by atoms with Crippen LogP contribution in [0.4, 0.5) is 0 Å². The molecule has 23 heavy (non-hydrogen) atoms. The van der Waals surface area contributed by atoms with Crippen molar-refractivity contribution in [2.45, 2.75) is 32.5 Å². The molecule has 0 aliphatic heterocycles. The van der Waals surface area contributed by atoms with Gasteiger partial charge in [-0.15, -0.1) is 0 Å². The van der Waals surface area contributed by atoms with Gasteiger partial charge >= 0.3 is 0 Å². The molecule has 2 heterocycles. The molecule has 0 saturated heterocycles. The minimum Gasteiger partial charge on any atom is -0.395 e. The predicted octanol–water partition coefficient (Wildman–Crippen LogP) is 3.41. The SMILES string of the molecule is CC[C@@H](CO)N(Cc1ccsc1)Cc1c2ccccc2nn1C. The van der Waals surface area contributed by atoms with Crippen molar-refractivity contribution >= 4 is 22.2 Å². The molecule has 0 aliphatic carbocycles. The first kappa shape index (κ1) is 16.2. The zero-order valence-corrected chi connectivity index (χ0v) is 14.5. The number of fused-ring (bicyclic) bond motifs is 1. The molecular formula is C18H23N3OS. The number of rotatable bonds is 7. The van der Waals surface area contributed by atoms with Crippen LogP contribution in [0.15, 0.2) is 41.1 Å². The molecule has 0 spiro atoms. The number of aliphatic hydroxyl groups is 1. The van der Waals surface area contributed by atoms with Crippen LogP contribution in [0, 0.1) is 0 Å². The van der Waals surface area contributed by atoms with Crippen molar-refractivity contribution < 1.29 is 5.11 Å². The van der Waals surface area contributed by atoms with E-state index < -0.39 is 0 Å².